The largest absolute Gasteiger partial charge is 0.469 e. The van der Waals surface area contributed by atoms with Crippen LogP contribution in [0.2, 0.25) is 0 Å². The van der Waals surface area contributed by atoms with Crippen molar-refractivity contribution in [3.05, 3.63) is 0 Å². The SMILES string of the molecule is CCOC(=O)N1CCN(C(=NC)NCC(C)C(=O)OC)CC1.I. The Hall–Kier alpha value is -1.26. The lowest BCUT2D eigenvalue weighted by molar-refractivity contribution is -0.144. The van der Waals surface area contributed by atoms with Crippen LogP contribution in [0.25, 0.3) is 0 Å². The highest BCUT2D eigenvalue weighted by molar-refractivity contribution is 14.0. The molecule has 0 spiro atoms. The van der Waals surface area contributed by atoms with Gasteiger partial charge < -0.3 is 24.6 Å². The van der Waals surface area contributed by atoms with Gasteiger partial charge in [0.15, 0.2) is 5.96 Å². The molecule has 0 radical (unpaired) electrons. The zero-order chi connectivity index (χ0) is 16.5. The first-order valence-corrected chi connectivity index (χ1v) is 7.48. The number of hydrogen-bond acceptors (Lipinski definition) is 5. The number of guanidine groups is 1. The number of carbonyl (C=O) groups is 2. The topological polar surface area (TPSA) is 83.5 Å². The first-order valence-electron chi connectivity index (χ1n) is 7.48. The van der Waals surface area contributed by atoms with E-state index >= 15 is 0 Å². The van der Waals surface area contributed by atoms with E-state index in [2.05, 4.69) is 15.2 Å². The van der Waals surface area contributed by atoms with Gasteiger partial charge in [0.2, 0.25) is 0 Å². The molecule has 8 nitrogen and oxygen atoms in total. The molecule has 0 aliphatic carbocycles. The second-order valence-corrected chi connectivity index (χ2v) is 5.03. The van der Waals surface area contributed by atoms with Crippen molar-refractivity contribution in [1.29, 1.82) is 0 Å². The molecule has 1 aliphatic rings. The summed E-state index contributed by atoms with van der Waals surface area (Å²) in [6.07, 6.45) is -0.274. The van der Waals surface area contributed by atoms with Gasteiger partial charge >= 0.3 is 12.1 Å². The highest BCUT2D eigenvalue weighted by atomic mass is 127. The summed E-state index contributed by atoms with van der Waals surface area (Å²) in [5.41, 5.74) is 0. The van der Waals surface area contributed by atoms with E-state index in [0.29, 0.717) is 39.3 Å². The smallest absolute Gasteiger partial charge is 0.409 e. The van der Waals surface area contributed by atoms with Crippen LogP contribution in [0.15, 0.2) is 4.99 Å². The fraction of sp³-hybridized carbons (Fsp3) is 0.786. The van der Waals surface area contributed by atoms with Crippen molar-refractivity contribution in [1.82, 2.24) is 15.1 Å². The highest BCUT2D eigenvalue weighted by Crippen LogP contribution is 2.05. The molecular formula is C14H27IN4O4. The number of nitrogens with one attached hydrogen (secondary N) is 1. The van der Waals surface area contributed by atoms with E-state index in [1.54, 1.807) is 25.8 Å². The van der Waals surface area contributed by atoms with Gasteiger partial charge in [0.25, 0.3) is 0 Å². The number of aliphatic imine (C=N–C) groups is 1. The maximum Gasteiger partial charge on any atom is 0.409 e. The zero-order valence-electron chi connectivity index (χ0n) is 14.2. The Bertz CT molecular complexity index is 412. The molecule has 23 heavy (non-hydrogen) atoms. The van der Waals surface area contributed by atoms with Crippen LogP contribution in [0.5, 0.6) is 0 Å². The van der Waals surface area contributed by atoms with Crippen LogP contribution < -0.4 is 5.32 Å². The van der Waals surface area contributed by atoms with Gasteiger partial charge in [-0.05, 0) is 6.92 Å². The summed E-state index contributed by atoms with van der Waals surface area (Å²) in [5.74, 6) is 0.219. The highest BCUT2D eigenvalue weighted by Gasteiger charge is 2.24. The predicted octanol–water partition coefficient (Wildman–Crippen LogP) is 0.763. The van der Waals surface area contributed by atoms with Crippen molar-refractivity contribution in [2.75, 3.05) is 53.5 Å². The first-order chi connectivity index (χ1) is 10.5. The van der Waals surface area contributed by atoms with Gasteiger partial charge in [0.1, 0.15) is 0 Å². The maximum atomic E-state index is 11.7. The minimum Gasteiger partial charge on any atom is -0.469 e. The summed E-state index contributed by atoms with van der Waals surface area (Å²) in [5, 5.41) is 3.16. The molecular weight excluding hydrogens is 415 g/mol. The maximum absolute atomic E-state index is 11.7. The van der Waals surface area contributed by atoms with E-state index in [9.17, 15) is 9.59 Å². The van der Waals surface area contributed by atoms with Crippen molar-refractivity contribution < 1.29 is 19.1 Å². The van der Waals surface area contributed by atoms with Gasteiger partial charge in [0.05, 0.1) is 19.6 Å². The van der Waals surface area contributed by atoms with Crippen LogP contribution in [0.4, 0.5) is 4.79 Å². The normalized spacial score (nSPS) is 16.3. The van der Waals surface area contributed by atoms with E-state index < -0.39 is 0 Å². The molecule has 0 saturated carbocycles. The van der Waals surface area contributed by atoms with Crippen molar-refractivity contribution in [3.63, 3.8) is 0 Å². The number of nitrogens with zero attached hydrogens (tertiary/aromatic N) is 3. The molecule has 134 valence electrons. The molecule has 1 fully saturated rings. The van der Waals surface area contributed by atoms with Crippen LogP contribution in [-0.2, 0) is 14.3 Å². The lowest BCUT2D eigenvalue weighted by atomic mass is 10.2. The molecule has 1 atom stereocenters. The van der Waals surface area contributed by atoms with Crippen molar-refractivity contribution in [2.24, 2.45) is 10.9 Å². The van der Waals surface area contributed by atoms with E-state index in [1.165, 1.54) is 7.11 Å². The first kappa shape index (κ1) is 21.7. The van der Waals surface area contributed by atoms with E-state index in [4.69, 9.17) is 9.47 Å². The van der Waals surface area contributed by atoms with E-state index in [-0.39, 0.29) is 42.0 Å². The Morgan fingerprint density at radius 2 is 1.78 bits per heavy atom. The Morgan fingerprint density at radius 3 is 2.26 bits per heavy atom. The Morgan fingerprint density at radius 1 is 1.22 bits per heavy atom. The predicted molar refractivity (Wildman–Crippen MR) is 98.1 cm³/mol. The molecule has 1 saturated heterocycles. The number of hydrogen-bond donors (Lipinski definition) is 1. The molecule has 1 heterocycles. The van der Waals surface area contributed by atoms with Gasteiger partial charge in [-0.25, -0.2) is 4.79 Å². The van der Waals surface area contributed by atoms with Gasteiger partial charge in [-0.3, -0.25) is 9.79 Å². The molecule has 1 amide bonds. The van der Waals surface area contributed by atoms with Crippen molar-refractivity contribution in [2.45, 2.75) is 13.8 Å². The number of esters is 1. The molecule has 0 aromatic heterocycles. The number of methoxy groups -OCH3 is 1. The van der Waals surface area contributed by atoms with Gasteiger partial charge in [-0.1, -0.05) is 6.92 Å². The lowest BCUT2D eigenvalue weighted by Crippen LogP contribution is -2.54. The summed E-state index contributed by atoms with van der Waals surface area (Å²) in [4.78, 5) is 31.0. The van der Waals surface area contributed by atoms with Crippen LogP contribution in [-0.4, -0.2) is 81.3 Å². The van der Waals surface area contributed by atoms with Crippen molar-refractivity contribution >= 4 is 42.0 Å². The Labute approximate surface area is 154 Å². The second kappa shape index (κ2) is 11.3. The minimum absolute atomic E-state index is 0. The number of amides is 1. The molecule has 1 N–H and O–H groups in total. The van der Waals surface area contributed by atoms with Crippen molar-refractivity contribution in [3.8, 4) is 0 Å². The lowest BCUT2D eigenvalue weighted by Gasteiger charge is -2.36. The quantitative estimate of drug-likeness (QED) is 0.300. The Balaban J connectivity index is 0.00000484. The summed E-state index contributed by atoms with van der Waals surface area (Å²) < 4.78 is 9.69. The standard InChI is InChI=1S/C14H26N4O4.HI/c1-5-22-14(20)18-8-6-17(7-9-18)13(15-3)16-10-11(2)12(19)21-4;/h11H,5-10H2,1-4H3,(H,15,16);1H. The molecule has 0 aromatic rings. The third-order valence-corrected chi connectivity index (χ3v) is 3.49. The van der Waals surface area contributed by atoms with Crippen LogP contribution in [0.3, 0.4) is 0 Å². The Kier molecular flexibility index (Phi) is 10.7. The third kappa shape index (κ3) is 6.80. The average molecular weight is 442 g/mol. The fourth-order valence-electron chi connectivity index (χ4n) is 2.18. The summed E-state index contributed by atoms with van der Waals surface area (Å²) in [6.45, 7) is 6.95. The van der Waals surface area contributed by atoms with Crippen LogP contribution in [0.1, 0.15) is 13.8 Å². The van der Waals surface area contributed by atoms with E-state index in [0.717, 1.165) is 5.96 Å². The van der Waals surface area contributed by atoms with E-state index in [1.807, 2.05) is 0 Å². The second-order valence-electron chi connectivity index (χ2n) is 5.03. The number of halogens is 1. The summed E-state index contributed by atoms with van der Waals surface area (Å²) in [7, 11) is 3.07. The number of rotatable bonds is 4. The van der Waals surface area contributed by atoms with Crippen LogP contribution in [0, 0.1) is 5.92 Å². The number of ether oxygens (including phenoxy) is 2. The summed E-state index contributed by atoms with van der Waals surface area (Å²) >= 11 is 0. The van der Waals surface area contributed by atoms with Crippen LogP contribution >= 0.6 is 24.0 Å². The number of carbonyl (C=O) groups excluding carboxylic acids is 2. The number of piperazine rings is 1. The monoisotopic (exact) mass is 442 g/mol. The van der Waals surface area contributed by atoms with Gasteiger partial charge in [0, 0.05) is 39.8 Å². The third-order valence-electron chi connectivity index (χ3n) is 3.49. The van der Waals surface area contributed by atoms with Gasteiger partial charge in [-0.15, -0.1) is 24.0 Å². The molecule has 0 aromatic carbocycles. The molecule has 1 aliphatic heterocycles. The fourth-order valence-corrected chi connectivity index (χ4v) is 2.18. The molecule has 1 rings (SSSR count). The zero-order valence-corrected chi connectivity index (χ0v) is 16.5. The molecule has 1 unspecified atom stereocenters. The summed E-state index contributed by atoms with van der Waals surface area (Å²) in [6, 6.07) is 0. The molecule has 9 heteroatoms. The minimum atomic E-state index is -0.274. The average Bonchev–Trinajstić information content (AvgIpc) is 2.55. The molecule has 0 bridgehead atoms. The van der Waals surface area contributed by atoms with Gasteiger partial charge in [-0.2, -0.15) is 0 Å².